The summed E-state index contributed by atoms with van der Waals surface area (Å²) in [7, 11) is 0. The minimum Gasteiger partial charge on any atom is -0.372 e. The maximum atomic E-state index is 12.8. The molecular formula is C21H33IN4O2. The Kier molecular flexibility index (Phi) is 9.01. The van der Waals surface area contributed by atoms with Crippen molar-refractivity contribution < 1.29 is 9.53 Å². The first kappa shape index (κ1) is 22.9. The van der Waals surface area contributed by atoms with Crippen LogP contribution >= 0.6 is 24.0 Å². The van der Waals surface area contributed by atoms with Gasteiger partial charge in [-0.25, -0.2) is 4.99 Å². The van der Waals surface area contributed by atoms with E-state index >= 15 is 0 Å². The maximum absolute atomic E-state index is 12.8. The number of nitrogens with one attached hydrogen (secondary N) is 1. The van der Waals surface area contributed by atoms with Crippen LogP contribution in [-0.4, -0.2) is 66.6 Å². The number of carbonyl (C=O) groups excluding carboxylic acids is 1. The van der Waals surface area contributed by atoms with E-state index in [-0.39, 0.29) is 42.1 Å². The smallest absolute Gasteiger partial charge is 0.254 e. The van der Waals surface area contributed by atoms with Crippen LogP contribution in [0.1, 0.15) is 49.5 Å². The fourth-order valence-electron chi connectivity index (χ4n) is 3.80. The summed E-state index contributed by atoms with van der Waals surface area (Å²) in [5.41, 5.74) is 1.85. The number of aliphatic imine (C=N–C) groups is 1. The second-order valence-electron chi connectivity index (χ2n) is 7.53. The molecule has 0 bridgehead atoms. The van der Waals surface area contributed by atoms with Crippen molar-refractivity contribution >= 4 is 35.8 Å². The number of rotatable bonds is 4. The number of carbonyl (C=O) groups is 1. The van der Waals surface area contributed by atoms with Crippen LogP contribution in [0.4, 0.5) is 0 Å². The van der Waals surface area contributed by atoms with Crippen molar-refractivity contribution in [1.82, 2.24) is 15.1 Å². The van der Waals surface area contributed by atoms with Gasteiger partial charge in [-0.15, -0.1) is 24.0 Å². The molecular weight excluding hydrogens is 467 g/mol. The van der Waals surface area contributed by atoms with E-state index in [9.17, 15) is 4.79 Å². The van der Waals surface area contributed by atoms with Gasteiger partial charge in [0.25, 0.3) is 5.91 Å². The number of benzene rings is 1. The monoisotopic (exact) mass is 500 g/mol. The molecule has 0 spiro atoms. The average Bonchev–Trinajstić information content (AvgIpc) is 3.19. The third-order valence-corrected chi connectivity index (χ3v) is 5.06. The van der Waals surface area contributed by atoms with Gasteiger partial charge in [-0.2, -0.15) is 0 Å². The molecule has 28 heavy (non-hydrogen) atoms. The zero-order valence-corrected chi connectivity index (χ0v) is 19.5. The minimum absolute atomic E-state index is 0. The Balaban J connectivity index is 0.00000280. The van der Waals surface area contributed by atoms with E-state index in [0.717, 1.165) is 36.7 Å². The van der Waals surface area contributed by atoms with Crippen molar-refractivity contribution in [3.8, 4) is 0 Å². The van der Waals surface area contributed by atoms with Gasteiger partial charge in [-0.1, -0.05) is 12.1 Å². The molecule has 1 aromatic carbocycles. The molecule has 1 aromatic rings. The van der Waals surface area contributed by atoms with Gasteiger partial charge >= 0.3 is 0 Å². The number of amides is 1. The Morgan fingerprint density at radius 2 is 1.71 bits per heavy atom. The summed E-state index contributed by atoms with van der Waals surface area (Å²) in [6.07, 6.45) is 2.64. The number of morpholine rings is 1. The molecule has 7 heteroatoms. The van der Waals surface area contributed by atoms with Crippen LogP contribution in [0.2, 0.25) is 0 Å². The van der Waals surface area contributed by atoms with Crippen molar-refractivity contribution in [3.63, 3.8) is 0 Å². The first-order valence-electron chi connectivity index (χ1n) is 10.1. The molecule has 2 atom stereocenters. The van der Waals surface area contributed by atoms with Crippen LogP contribution in [0.15, 0.2) is 29.3 Å². The first-order chi connectivity index (χ1) is 13.1. The zero-order chi connectivity index (χ0) is 19.2. The molecule has 156 valence electrons. The molecule has 0 aliphatic carbocycles. The van der Waals surface area contributed by atoms with Gasteiger partial charge in [-0.3, -0.25) is 4.79 Å². The highest BCUT2D eigenvalue weighted by Crippen LogP contribution is 2.15. The minimum atomic E-state index is 0. The van der Waals surface area contributed by atoms with Crippen LogP contribution in [-0.2, 0) is 11.3 Å². The molecule has 0 radical (unpaired) electrons. The third-order valence-electron chi connectivity index (χ3n) is 5.06. The van der Waals surface area contributed by atoms with Crippen molar-refractivity contribution in [1.29, 1.82) is 0 Å². The number of likely N-dealkylation sites (tertiary alicyclic amines) is 1. The highest BCUT2D eigenvalue weighted by molar-refractivity contribution is 14.0. The molecule has 2 aliphatic heterocycles. The Morgan fingerprint density at radius 1 is 1.11 bits per heavy atom. The van der Waals surface area contributed by atoms with Gasteiger partial charge in [0, 0.05) is 38.3 Å². The average molecular weight is 500 g/mol. The van der Waals surface area contributed by atoms with Crippen LogP contribution in [0, 0.1) is 0 Å². The van der Waals surface area contributed by atoms with Gasteiger partial charge in [-0.05, 0) is 51.3 Å². The summed E-state index contributed by atoms with van der Waals surface area (Å²) < 4.78 is 5.72. The van der Waals surface area contributed by atoms with E-state index in [0.29, 0.717) is 19.6 Å². The molecule has 3 rings (SSSR count). The number of ether oxygens (including phenoxy) is 1. The predicted molar refractivity (Wildman–Crippen MR) is 123 cm³/mol. The molecule has 2 heterocycles. The highest BCUT2D eigenvalue weighted by Gasteiger charge is 2.26. The lowest BCUT2D eigenvalue weighted by Crippen LogP contribution is -2.48. The molecule has 2 unspecified atom stereocenters. The topological polar surface area (TPSA) is 57.2 Å². The summed E-state index contributed by atoms with van der Waals surface area (Å²) in [6.45, 7) is 11.1. The standard InChI is InChI=1S/C21H32N4O2.HI/c1-4-22-21(24-11-5-6-12-24)23-13-18-7-9-19(10-8-18)20(26)25-14-16(2)27-17(3)15-25;/h7-10,16-17H,4-6,11-15H2,1-3H3,(H,22,23);1H. The quantitative estimate of drug-likeness (QED) is 0.392. The molecule has 6 nitrogen and oxygen atoms in total. The SMILES string of the molecule is CCNC(=NCc1ccc(C(=O)N2CC(C)OC(C)C2)cc1)N1CCCC1.I. The lowest BCUT2D eigenvalue weighted by molar-refractivity contribution is -0.0586. The fraction of sp³-hybridized carbons (Fsp3) is 0.619. The summed E-state index contributed by atoms with van der Waals surface area (Å²) in [5, 5.41) is 3.38. The van der Waals surface area contributed by atoms with E-state index in [1.54, 1.807) is 0 Å². The molecule has 2 saturated heterocycles. The Labute approximate surface area is 185 Å². The zero-order valence-electron chi connectivity index (χ0n) is 17.2. The van der Waals surface area contributed by atoms with Gasteiger partial charge in [0.2, 0.25) is 0 Å². The lowest BCUT2D eigenvalue weighted by atomic mass is 10.1. The second-order valence-corrected chi connectivity index (χ2v) is 7.53. The number of nitrogens with zero attached hydrogens (tertiary/aromatic N) is 3. The van der Waals surface area contributed by atoms with Gasteiger partial charge in [0.1, 0.15) is 0 Å². The number of guanidine groups is 1. The summed E-state index contributed by atoms with van der Waals surface area (Å²) in [5.74, 6) is 1.07. The largest absolute Gasteiger partial charge is 0.372 e. The maximum Gasteiger partial charge on any atom is 0.254 e. The van der Waals surface area contributed by atoms with Gasteiger partial charge in [0.15, 0.2) is 5.96 Å². The van der Waals surface area contributed by atoms with Crippen LogP contribution in [0.5, 0.6) is 0 Å². The molecule has 0 aromatic heterocycles. The van der Waals surface area contributed by atoms with E-state index in [1.165, 1.54) is 12.8 Å². The van der Waals surface area contributed by atoms with Crippen LogP contribution < -0.4 is 5.32 Å². The summed E-state index contributed by atoms with van der Waals surface area (Å²) in [4.78, 5) is 21.7. The van der Waals surface area contributed by atoms with Crippen LogP contribution in [0.3, 0.4) is 0 Å². The highest BCUT2D eigenvalue weighted by atomic mass is 127. The van der Waals surface area contributed by atoms with E-state index in [4.69, 9.17) is 9.73 Å². The Morgan fingerprint density at radius 3 is 2.29 bits per heavy atom. The molecule has 2 fully saturated rings. The van der Waals surface area contributed by atoms with Crippen molar-refractivity contribution in [2.24, 2.45) is 4.99 Å². The lowest BCUT2D eigenvalue weighted by Gasteiger charge is -2.35. The van der Waals surface area contributed by atoms with Gasteiger partial charge < -0.3 is 19.9 Å². The van der Waals surface area contributed by atoms with Crippen molar-refractivity contribution in [2.75, 3.05) is 32.7 Å². The molecule has 1 amide bonds. The van der Waals surface area contributed by atoms with E-state index < -0.39 is 0 Å². The Bertz CT molecular complexity index is 649. The fourth-order valence-corrected chi connectivity index (χ4v) is 3.80. The normalized spacial score (nSPS) is 22.8. The predicted octanol–water partition coefficient (Wildman–Crippen LogP) is 3.12. The van der Waals surface area contributed by atoms with Crippen LogP contribution in [0.25, 0.3) is 0 Å². The number of halogens is 1. The van der Waals surface area contributed by atoms with Crippen molar-refractivity contribution in [2.45, 2.75) is 52.4 Å². The summed E-state index contributed by atoms with van der Waals surface area (Å²) in [6, 6.07) is 7.86. The number of hydrogen-bond donors (Lipinski definition) is 1. The number of hydrogen-bond acceptors (Lipinski definition) is 3. The summed E-state index contributed by atoms with van der Waals surface area (Å²) >= 11 is 0. The van der Waals surface area contributed by atoms with Crippen molar-refractivity contribution in [3.05, 3.63) is 35.4 Å². The molecule has 1 N–H and O–H groups in total. The second kappa shape index (κ2) is 11.0. The van der Waals surface area contributed by atoms with E-state index in [2.05, 4.69) is 17.1 Å². The van der Waals surface area contributed by atoms with Gasteiger partial charge in [0.05, 0.1) is 18.8 Å². The third kappa shape index (κ3) is 6.07. The Hall–Kier alpha value is -1.35. The first-order valence-corrected chi connectivity index (χ1v) is 10.1. The van der Waals surface area contributed by atoms with E-state index in [1.807, 2.05) is 43.0 Å². The molecule has 2 aliphatic rings. The molecule has 0 saturated carbocycles.